The fourth-order valence-electron chi connectivity index (χ4n) is 2.64. The van der Waals surface area contributed by atoms with Crippen molar-refractivity contribution in [3.05, 3.63) is 29.8 Å². The number of nitrogens with zero attached hydrogens (tertiary/aromatic N) is 5. The number of hydrogen-bond donors (Lipinski definition) is 1. The Balaban J connectivity index is 1.67. The lowest BCUT2D eigenvalue weighted by atomic mass is 10.1. The average molecular weight is 345 g/mol. The molecule has 9 heteroatoms. The Morgan fingerprint density at radius 3 is 2.68 bits per heavy atom. The summed E-state index contributed by atoms with van der Waals surface area (Å²) in [5, 5.41) is 21.2. The van der Waals surface area contributed by atoms with Crippen LogP contribution in [0.1, 0.15) is 12.5 Å². The first-order valence-corrected chi connectivity index (χ1v) is 7.93. The minimum absolute atomic E-state index is 0.0119. The molecule has 0 spiro atoms. The zero-order valence-corrected chi connectivity index (χ0v) is 14.0. The zero-order valence-electron chi connectivity index (χ0n) is 14.0. The number of tetrazole rings is 1. The summed E-state index contributed by atoms with van der Waals surface area (Å²) in [7, 11) is 0. The van der Waals surface area contributed by atoms with E-state index in [-0.39, 0.29) is 25.1 Å². The van der Waals surface area contributed by atoms with Crippen LogP contribution in [0.5, 0.6) is 0 Å². The van der Waals surface area contributed by atoms with Crippen LogP contribution in [-0.4, -0.2) is 67.4 Å². The third kappa shape index (κ3) is 4.00. The van der Waals surface area contributed by atoms with E-state index in [2.05, 4.69) is 15.4 Å². The van der Waals surface area contributed by atoms with Crippen molar-refractivity contribution in [1.29, 1.82) is 0 Å². The Morgan fingerprint density at radius 2 is 2.00 bits per heavy atom. The van der Waals surface area contributed by atoms with Gasteiger partial charge < -0.3 is 14.7 Å². The number of carboxylic acid groups (broad SMARTS) is 1. The Labute approximate surface area is 144 Å². The number of hydrogen-bond acceptors (Lipinski definition) is 6. The molecule has 1 saturated heterocycles. The molecule has 3 rings (SSSR count). The Bertz CT molecular complexity index is 773. The van der Waals surface area contributed by atoms with Gasteiger partial charge in [-0.3, -0.25) is 4.79 Å². The second kappa shape index (κ2) is 6.98. The van der Waals surface area contributed by atoms with Crippen LogP contribution >= 0.6 is 0 Å². The second-order valence-corrected chi connectivity index (χ2v) is 6.08. The molecule has 1 N–H and O–H groups in total. The van der Waals surface area contributed by atoms with Crippen molar-refractivity contribution in [3.8, 4) is 11.4 Å². The first kappa shape index (κ1) is 17.0. The lowest BCUT2D eigenvalue weighted by molar-refractivity contribution is -0.166. The number of ether oxygens (including phenoxy) is 1. The highest BCUT2D eigenvalue weighted by Gasteiger charge is 2.32. The topological polar surface area (TPSA) is 110 Å². The molecule has 1 amide bonds. The van der Waals surface area contributed by atoms with Gasteiger partial charge in [-0.25, -0.2) is 4.79 Å². The monoisotopic (exact) mass is 345 g/mol. The number of aliphatic carboxylic acids is 1. The fourth-order valence-corrected chi connectivity index (χ4v) is 2.64. The molecule has 0 radical (unpaired) electrons. The Kier molecular flexibility index (Phi) is 4.75. The lowest BCUT2D eigenvalue weighted by Crippen LogP contribution is -2.52. The fraction of sp³-hybridized carbons (Fsp3) is 0.438. The van der Waals surface area contributed by atoms with Gasteiger partial charge >= 0.3 is 5.97 Å². The average Bonchev–Trinajstić information content (AvgIpc) is 3.03. The number of aromatic nitrogens is 4. The van der Waals surface area contributed by atoms with Gasteiger partial charge in [-0.2, -0.15) is 4.80 Å². The third-order valence-electron chi connectivity index (χ3n) is 3.93. The number of carbonyl (C=O) groups excluding carboxylic acids is 1. The van der Waals surface area contributed by atoms with E-state index >= 15 is 0 Å². The minimum Gasteiger partial charge on any atom is -0.479 e. The Hall–Kier alpha value is -2.81. The molecule has 132 valence electrons. The maximum Gasteiger partial charge on any atom is 0.334 e. The molecule has 2 heterocycles. The highest BCUT2D eigenvalue weighted by atomic mass is 16.5. The molecule has 2 atom stereocenters. The van der Waals surface area contributed by atoms with E-state index in [0.717, 1.165) is 11.1 Å². The number of carboxylic acids is 1. The molecule has 1 aromatic heterocycles. The number of aryl methyl sites for hydroxylation is 1. The number of amides is 1. The number of morpholine rings is 1. The van der Waals surface area contributed by atoms with Gasteiger partial charge in [0, 0.05) is 12.1 Å². The van der Waals surface area contributed by atoms with Crippen LogP contribution in [0, 0.1) is 6.92 Å². The van der Waals surface area contributed by atoms with Crippen molar-refractivity contribution in [2.24, 2.45) is 0 Å². The first-order valence-electron chi connectivity index (χ1n) is 7.93. The molecule has 1 aromatic carbocycles. The SMILES string of the molecule is Cc1ccc(-c2nnn(CC(=O)N3CC(C(=O)O)O[C@H](C)C3)n2)cc1. The molecule has 1 fully saturated rings. The van der Waals surface area contributed by atoms with Crippen molar-refractivity contribution in [2.75, 3.05) is 13.1 Å². The van der Waals surface area contributed by atoms with Crippen molar-refractivity contribution in [3.63, 3.8) is 0 Å². The molecule has 0 saturated carbocycles. The Morgan fingerprint density at radius 1 is 1.28 bits per heavy atom. The third-order valence-corrected chi connectivity index (χ3v) is 3.93. The molecule has 2 aromatic rings. The molecule has 0 bridgehead atoms. The summed E-state index contributed by atoms with van der Waals surface area (Å²) in [4.78, 5) is 26.2. The van der Waals surface area contributed by atoms with Gasteiger partial charge in [0.2, 0.25) is 11.7 Å². The highest BCUT2D eigenvalue weighted by Crippen LogP contribution is 2.15. The summed E-state index contributed by atoms with van der Waals surface area (Å²) in [6.45, 7) is 3.97. The van der Waals surface area contributed by atoms with Crippen LogP contribution in [0.3, 0.4) is 0 Å². The normalized spacial score (nSPS) is 20.5. The van der Waals surface area contributed by atoms with Crippen LogP contribution in [-0.2, 0) is 20.9 Å². The first-order chi connectivity index (χ1) is 11.9. The van der Waals surface area contributed by atoms with Gasteiger partial charge in [-0.15, -0.1) is 10.2 Å². The van der Waals surface area contributed by atoms with Crippen molar-refractivity contribution in [2.45, 2.75) is 32.6 Å². The van der Waals surface area contributed by atoms with Gasteiger partial charge in [0.15, 0.2) is 6.10 Å². The highest BCUT2D eigenvalue weighted by molar-refractivity contribution is 5.78. The van der Waals surface area contributed by atoms with E-state index in [9.17, 15) is 9.59 Å². The van der Waals surface area contributed by atoms with E-state index in [1.54, 1.807) is 6.92 Å². The van der Waals surface area contributed by atoms with Crippen LogP contribution < -0.4 is 0 Å². The predicted octanol–water partition coefficient (Wildman–Crippen LogP) is 0.349. The standard InChI is InChI=1S/C16H19N5O4/c1-10-3-5-12(6-4-10)15-17-19-21(18-15)9-14(22)20-7-11(2)25-13(8-20)16(23)24/h3-6,11,13H,7-9H2,1-2H3,(H,23,24)/t11-,13?/m1/s1. The molecular weight excluding hydrogens is 326 g/mol. The lowest BCUT2D eigenvalue weighted by Gasteiger charge is -2.34. The maximum atomic E-state index is 12.4. The quantitative estimate of drug-likeness (QED) is 0.851. The van der Waals surface area contributed by atoms with E-state index in [4.69, 9.17) is 9.84 Å². The smallest absolute Gasteiger partial charge is 0.334 e. The van der Waals surface area contributed by atoms with Gasteiger partial charge in [0.25, 0.3) is 0 Å². The van der Waals surface area contributed by atoms with Crippen LogP contribution in [0.15, 0.2) is 24.3 Å². The van der Waals surface area contributed by atoms with Gasteiger partial charge in [0.1, 0.15) is 6.54 Å². The summed E-state index contributed by atoms with van der Waals surface area (Å²) in [5.74, 6) is -0.911. The molecule has 1 unspecified atom stereocenters. The summed E-state index contributed by atoms with van der Waals surface area (Å²) in [5.41, 5.74) is 1.94. The maximum absolute atomic E-state index is 12.4. The molecule has 1 aliphatic rings. The molecule has 0 aliphatic carbocycles. The van der Waals surface area contributed by atoms with Crippen LogP contribution in [0.25, 0.3) is 11.4 Å². The number of benzene rings is 1. The second-order valence-electron chi connectivity index (χ2n) is 6.08. The molecular formula is C16H19N5O4. The summed E-state index contributed by atoms with van der Waals surface area (Å²) < 4.78 is 5.31. The molecule has 1 aliphatic heterocycles. The van der Waals surface area contributed by atoms with E-state index in [1.807, 2.05) is 31.2 Å². The molecule has 25 heavy (non-hydrogen) atoms. The number of carbonyl (C=O) groups is 2. The summed E-state index contributed by atoms with van der Waals surface area (Å²) in [6, 6.07) is 7.67. The van der Waals surface area contributed by atoms with E-state index in [1.165, 1.54) is 9.70 Å². The zero-order chi connectivity index (χ0) is 18.0. The van der Waals surface area contributed by atoms with E-state index < -0.39 is 12.1 Å². The van der Waals surface area contributed by atoms with Gasteiger partial charge in [-0.1, -0.05) is 29.8 Å². The van der Waals surface area contributed by atoms with Crippen LogP contribution in [0.4, 0.5) is 0 Å². The largest absolute Gasteiger partial charge is 0.479 e. The predicted molar refractivity (Wildman–Crippen MR) is 86.5 cm³/mol. The van der Waals surface area contributed by atoms with Gasteiger partial charge in [-0.05, 0) is 19.1 Å². The van der Waals surface area contributed by atoms with Crippen molar-refractivity contribution >= 4 is 11.9 Å². The van der Waals surface area contributed by atoms with E-state index in [0.29, 0.717) is 12.4 Å². The van der Waals surface area contributed by atoms with Crippen molar-refractivity contribution < 1.29 is 19.4 Å². The summed E-state index contributed by atoms with van der Waals surface area (Å²) in [6.07, 6.45) is -1.36. The number of rotatable bonds is 4. The minimum atomic E-state index is -1.08. The summed E-state index contributed by atoms with van der Waals surface area (Å²) >= 11 is 0. The van der Waals surface area contributed by atoms with Crippen LogP contribution in [0.2, 0.25) is 0 Å². The van der Waals surface area contributed by atoms with Crippen molar-refractivity contribution in [1.82, 2.24) is 25.1 Å². The molecule has 9 nitrogen and oxygen atoms in total. The van der Waals surface area contributed by atoms with Gasteiger partial charge in [0.05, 0.1) is 12.6 Å².